The summed E-state index contributed by atoms with van der Waals surface area (Å²) in [5.41, 5.74) is 1.00. The first-order chi connectivity index (χ1) is 8.64. The molecular weight excluding hydrogens is 250 g/mol. The van der Waals surface area contributed by atoms with Gasteiger partial charge in [-0.1, -0.05) is 0 Å². The van der Waals surface area contributed by atoms with Gasteiger partial charge in [0.1, 0.15) is 5.82 Å². The van der Waals surface area contributed by atoms with E-state index in [0.29, 0.717) is 11.7 Å². The van der Waals surface area contributed by atoms with Gasteiger partial charge in [0.05, 0.1) is 11.5 Å². The van der Waals surface area contributed by atoms with Crippen LogP contribution in [0.4, 0.5) is 0 Å². The minimum atomic E-state index is -2.85. The number of aromatic nitrogens is 2. The Morgan fingerprint density at radius 3 is 2.89 bits per heavy atom. The van der Waals surface area contributed by atoms with Gasteiger partial charge in [-0.3, -0.25) is 0 Å². The van der Waals surface area contributed by atoms with Gasteiger partial charge in [0, 0.05) is 30.3 Å². The van der Waals surface area contributed by atoms with Crippen molar-refractivity contribution < 1.29 is 8.42 Å². The van der Waals surface area contributed by atoms with Gasteiger partial charge in [0.25, 0.3) is 0 Å². The van der Waals surface area contributed by atoms with Crippen molar-refractivity contribution in [3.8, 4) is 0 Å². The van der Waals surface area contributed by atoms with Crippen LogP contribution in [0.25, 0.3) is 0 Å². The number of H-pyrrole nitrogens is 1. The van der Waals surface area contributed by atoms with Crippen LogP contribution in [0, 0.1) is 0 Å². The maximum atomic E-state index is 11.7. The SMILES string of the molecule is O=S1(=O)CCCC(c2cnc(C3CCNC3)[nH]2)C1. The fourth-order valence-corrected chi connectivity index (χ4v) is 4.66. The standard InChI is InChI=1S/C12H19N3O2S/c16-18(17)5-1-2-10(8-18)11-7-14-12(15-11)9-3-4-13-6-9/h7,9-10,13H,1-6,8H2,(H,14,15). The molecule has 2 N–H and O–H groups in total. The zero-order valence-electron chi connectivity index (χ0n) is 10.4. The van der Waals surface area contributed by atoms with E-state index in [9.17, 15) is 8.42 Å². The molecular formula is C12H19N3O2S. The van der Waals surface area contributed by atoms with Crippen LogP contribution >= 0.6 is 0 Å². The monoisotopic (exact) mass is 269 g/mol. The first-order valence-corrected chi connectivity index (χ1v) is 8.42. The molecule has 5 nitrogen and oxygen atoms in total. The largest absolute Gasteiger partial charge is 0.345 e. The van der Waals surface area contributed by atoms with Gasteiger partial charge in [-0.05, 0) is 25.8 Å². The van der Waals surface area contributed by atoms with Gasteiger partial charge < -0.3 is 10.3 Å². The third-order valence-corrected chi connectivity index (χ3v) is 5.79. The Morgan fingerprint density at radius 2 is 2.17 bits per heavy atom. The third-order valence-electron chi connectivity index (χ3n) is 3.97. The van der Waals surface area contributed by atoms with Gasteiger partial charge >= 0.3 is 0 Å². The van der Waals surface area contributed by atoms with Crippen LogP contribution < -0.4 is 5.32 Å². The Morgan fingerprint density at radius 1 is 1.28 bits per heavy atom. The smallest absolute Gasteiger partial charge is 0.150 e. The van der Waals surface area contributed by atoms with E-state index in [2.05, 4.69) is 15.3 Å². The molecule has 2 saturated heterocycles. The summed E-state index contributed by atoms with van der Waals surface area (Å²) in [5.74, 6) is 2.20. The minimum absolute atomic E-state index is 0.111. The normalized spacial score (nSPS) is 31.6. The first kappa shape index (κ1) is 12.2. The molecule has 2 aliphatic heterocycles. The third kappa shape index (κ3) is 2.44. The Kier molecular flexibility index (Phi) is 3.15. The van der Waals surface area contributed by atoms with Crippen LogP contribution in [0.5, 0.6) is 0 Å². The van der Waals surface area contributed by atoms with Crippen LogP contribution in [-0.4, -0.2) is 43.0 Å². The second-order valence-corrected chi connectivity index (χ2v) is 7.60. The van der Waals surface area contributed by atoms with Gasteiger partial charge in [-0.15, -0.1) is 0 Å². The fraction of sp³-hybridized carbons (Fsp3) is 0.750. The number of hydrogen-bond acceptors (Lipinski definition) is 4. The number of rotatable bonds is 2. The summed E-state index contributed by atoms with van der Waals surface area (Å²) < 4.78 is 23.3. The molecule has 0 saturated carbocycles. The van der Waals surface area contributed by atoms with E-state index in [4.69, 9.17) is 0 Å². The Bertz CT molecular complexity index is 517. The highest BCUT2D eigenvalue weighted by Gasteiger charge is 2.28. The maximum Gasteiger partial charge on any atom is 0.150 e. The van der Waals surface area contributed by atoms with Crippen molar-refractivity contribution in [2.75, 3.05) is 24.6 Å². The number of hydrogen-bond donors (Lipinski definition) is 2. The zero-order chi connectivity index (χ0) is 12.6. The molecule has 3 rings (SSSR count). The molecule has 0 radical (unpaired) electrons. The van der Waals surface area contributed by atoms with E-state index in [-0.39, 0.29) is 11.7 Å². The fourth-order valence-electron chi connectivity index (χ4n) is 2.92. The number of nitrogens with one attached hydrogen (secondary N) is 2. The lowest BCUT2D eigenvalue weighted by molar-refractivity contribution is 0.549. The van der Waals surface area contributed by atoms with Crippen molar-refractivity contribution in [2.24, 2.45) is 0 Å². The number of aromatic amines is 1. The lowest BCUT2D eigenvalue weighted by Gasteiger charge is -2.20. The van der Waals surface area contributed by atoms with Crippen LogP contribution in [0.1, 0.15) is 42.6 Å². The quantitative estimate of drug-likeness (QED) is 0.832. The summed E-state index contributed by atoms with van der Waals surface area (Å²) in [5, 5.41) is 3.32. The van der Waals surface area contributed by atoms with E-state index in [0.717, 1.165) is 43.9 Å². The zero-order valence-corrected chi connectivity index (χ0v) is 11.2. The van der Waals surface area contributed by atoms with E-state index in [1.54, 1.807) is 0 Å². The van der Waals surface area contributed by atoms with Crippen LogP contribution in [0.3, 0.4) is 0 Å². The minimum Gasteiger partial charge on any atom is -0.345 e. The molecule has 2 aliphatic rings. The van der Waals surface area contributed by atoms with Gasteiger partial charge in [0.2, 0.25) is 0 Å². The molecule has 3 heterocycles. The van der Waals surface area contributed by atoms with Crippen molar-refractivity contribution in [1.29, 1.82) is 0 Å². The molecule has 2 unspecified atom stereocenters. The van der Waals surface area contributed by atoms with E-state index in [1.165, 1.54) is 0 Å². The van der Waals surface area contributed by atoms with Gasteiger partial charge in [-0.2, -0.15) is 0 Å². The van der Waals surface area contributed by atoms with Crippen molar-refractivity contribution in [1.82, 2.24) is 15.3 Å². The summed E-state index contributed by atoms with van der Waals surface area (Å²) in [6.45, 7) is 2.01. The highest BCUT2D eigenvalue weighted by molar-refractivity contribution is 7.91. The maximum absolute atomic E-state index is 11.7. The summed E-state index contributed by atoms with van der Waals surface area (Å²) >= 11 is 0. The molecule has 2 fully saturated rings. The Balaban J connectivity index is 1.76. The van der Waals surface area contributed by atoms with Crippen LogP contribution in [-0.2, 0) is 9.84 Å². The van der Waals surface area contributed by atoms with Crippen molar-refractivity contribution >= 4 is 9.84 Å². The highest BCUT2D eigenvalue weighted by atomic mass is 32.2. The van der Waals surface area contributed by atoms with Crippen molar-refractivity contribution in [3.05, 3.63) is 17.7 Å². The Hall–Kier alpha value is -0.880. The number of imidazole rings is 1. The molecule has 1 aromatic rings. The molecule has 0 spiro atoms. The summed E-state index contributed by atoms with van der Waals surface area (Å²) in [6.07, 6.45) is 4.66. The van der Waals surface area contributed by atoms with E-state index >= 15 is 0 Å². The Labute approximate surface area is 107 Å². The lowest BCUT2D eigenvalue weighted by atomic mass is 10.0. The average molecular weight is 269 g/mol. The average Bonchev–Trinajstić information content (AvgIpc) is 2.99. The molecule has 0 bridgehead atoms. The highest BCUT2D eigenvalue weighted by Crippen LogP contribution is 2.28. The molecule has 1 aromatic heterocycles. The molecule has 0 amide bonds. The second kappa shape index (κ2) is 4.66. The predicted octanol–water partition coefficient (Wildman–Crippen LogP) is 0.779. The summed E-state index contributed by atoms with van der Waals surface area (Å²) in [6, 6.07) is 0. The first-order valence-electron chi connectivity index (χ1n) is 6.60. The topological polar surface area (TPSA) is 74.8 Å². The van der Waals surface area contributed by atoms with Crippen molar-refractivity contribution in [2.45, 2.75) is 31.1 Å². The number of nitrogens with zero attached hydrogens (tertiary/aromatic N) is 1. The van der Waals surface area contributed by atoms with E-state index in [1.807, 2.05) is 6.20 Å². The number of sulfone groups is 1. The van der Waals surface area contributed by atoms with Gasteiger partial charge in [-0.25, -0.2) is 13.4 Å². The molecule has 0 aliphatic carbocycles. The molecule has 6 heteroatoms. The molecule has 0 aromatic carbocycles. The van der Waals surface area contributed by atoms with Gasteiger partial charge in [0.15, 0.2) is 9.84 Å². The van der Waals surface area contributed by atoms with Crippen molar-refractivity contribution in [3.63, 3.8) is 0 Å². The van der Waals surface area contributed by atoms with Crippen LogP contribution in [0.15, 0.2) is 6.20 Å². The van der Waals surface area contributed by atoms with Crippen LogP contribution in [0.2, 0.25) is 0 Å². The lowest BCUT2D eigenvalue weighted by Crippen LogP contribution is -2.24. The molecule has 100 valence electrons. The molecule has 2 atom stereocenters. The predicted molar refractivity (Wildman–Crippen MR) is 69.4 cm³/mol. The van der Waals surface area contributed by atoms with E-state index < -0.39 is 9.84 Å². The summed E-state index contributed by atoms with van der Waals surface area (Å²) in [4.78, 5) is 7.78. The summed E-state index contributed by atoms with van der Waals surface area (Å²) in [7, 11) is -2.85. The second-order valence-electron chi connectivity index (χ2n) is 5.37. The molecule has 18 heavy (non-hydrogen) atoms.